The molecule has 0 amide bonds. The van der Waals surface area contributed by atoms with E-state index in [1.165, 1.54) is 4.31 Å². The molecule has 0 aromatic rings. The first-order valence-electron chi connectivity index (χ1n) is 5.04. The van der Waals surface area contributed by atoms with Gasteiger partial charge in [0.25, 0.3) is 0 Å². The third-order valence-corrected chi connectivity index (χ3v) is 4.52. The topological polar surface area (TPSA) is 72.6 Å². The fraction of sp³-hybridized carbons (Fsp3) is 0.889. The summed E-state index contributed by atoms with van der Waals surface area (Å²) in [6.45, 7) is 2.23. The molecule has 0 aromatic carbocycles. The Morgan fingerprint density at radius 2 is 2.12 bits per heavy atom. The van der Waals surface area contributed by atoms with Crippen molar-refractivity contribution in [2.24, 2.45) is 5.73 Å². The van der Waals surface area contributed by atoms with Crippen LogP contribution in [0.2, 0.25) is 0 Å². The van der Waals surface area contributed by atoms with Gasteiger partial charge in [-0.05, 0) is 13.3 Å². The van der Waals surface area contributed by atoms with Gasteiger partial charge in [-0.25, -0.2) is 12.7 Å². The van der Waals surface area contributed by atoms with Gasteiger partial charge >= 0.3 is 0 Å². The minimum absolute atomic E-state index is 0.0824. The van der Waals surface area contributed by atoms with E-state index in [4.69, 9.17) is 22.7 Å². The lowest BCUT2D eigenvalue weighted by Crippen LogP contribution is -2.38. The highest BCUT2D eigenvalue weighted by Gasteiger charge is 2.22. The Labute approximate surface area is 103 Å². The lowest BCUT2D eigenvalue weighted by atomic mass is 10.2. The summed E-state index contributed by atoms with van der Waals surface area (Å²) in [5, 5.41) is 0. The molecule has 0 bridgehead atoms. The summed E-state index contributed by atoms with van der Waals surface area (Å²) in [6.07, 6.45) is 0.887. The Hall–Kier alpha value is -0.240. The van der Waals surface area contributed by atoms with Crippen molar-refractivity contribution < 1.29 is 13.2 Å². The van der Waals surface area contributed by atoms with E-state index < -0.39 is 10.0 Å². The van der Waals surface area contributed by atoms with Crippen LogP contribution in [0, 0.1) is 0 Å². The molecular weight excluding hydrogens is 248 g/mol. The summed E-state index contributed by atoms with van der Waals surface area (Å²) in [6, 6.07) is -0.204. The monoisotopic (exact) mass is 268 g/mol. The van der Waals surface area contributed by atoms with Gasteiger partial charge < -0.3 is 10.5 Å². The molecule has 0 aliphatic rings. The van der Waals surface area contributed by atoms with Gasteiger partial charge in [-0.15, -0.1) is 0 Å². The molecule has 96 valence electrons. The van der Waals surface area contributed by atoms with Gasteiger partial charge in [-0.2, -0.15) is 0 Å². The quantitative estimate of drug-likeness (QED) is 0.508. The van der Waals surface area contributed by atoms with Gasteiger partial charge in [-0.1, -0.05) is 12.2 Å². The molecular formula is C9H20N2O3S2. The van der Waals surface area contributed by atoms with Gasteiger partial charge in [0.1, 0.15) is 0 Å². The predicted molar refractivity (Wildman–Crippen MR) is 68.9 cm³/mol. The van der Waals surface area contributed by atoms with Crippen LogP contribution in [0.3, 0.4) is 0 Å². The van der Waals surface area contributed by atoms with Gasteiger partial charge in [0, 0.05) is 33.2 Å². The first-order valence-corrected chi connectivity index (χ1v) is 7.06. The number of methoxy groups -OCH3 is 1. The smallest absolute Gasteiger partial charge is 0.214 e. The van der Waals surface area contributed by atoms with Crippen LogP contribution in [0.5, 0.6) is 0 Å². The molecule has 0 aliphatic heterocycles. The number of thiocarbonyl (C=S) groups is 1. The Morgan fingerprint density at radius 3 is 2.56 bits per heavy atom. The van der Waals surface area contributed by atoms with Gasteiger partial charge in [0.2, 0.25) is 10.0 Å². The molecule has 0 heterocycles. The third kappa shape index (κ3) is 5.74. The van der Waals surface area contributed by atoms with Crippen molar-refractivity contribution in [2.75, 3.05) is 26.5 Å². The predicted octanol–water partition coefficient (Wildman–Crippen LogP) is 0.349. The number of sulfonamides is 1. The van der Waals surface area contributed by atoms with Gasteiger partial charge in [0.15, 0.2) is 0 Å². The average molecular weight is 268 g/mol. The first kappa shape index (κ1) is 15.8. The molecule has 0 aromatic heterocycles. The molecule has 0 aliphatic carbocycles. The Morgan fingerprint density at radius 1 is 1.56 bits per heavy atom. The van der Waals surface area contributed by atoms with E-state index in [1.54, 1.807) is 21.1 Å². The maximum Gasteiger partial charge on any atom is 0.214 e. The zero-order valence-electron chi connectivity index (χ0n) is 9.97. The maximum atomic E-state index is 11.8. The minimum atomic E-state index is -3.24. The Kier molecular flexibility index (Phi) is 7.05. The summed E-state index contributed by atoms with van der Waals surface area (Å²) in [5.74, 6) is 0.0824. The summed E-state index contributed by atoms with van der Waals surface area (Å²) in [4.78, 5) is 0.325. The number of rotatable bonds is 8. The normalized spacial score (nSPS) is 14.0. The standard InChI is InChI=1S/C9H20N2O3S2/c1-8(7-9(10)15)11(2)16(12,13)6-4-5-14-3/h8H,4-7H2,1-3H3,(H2,10,15). The summed E-state index contributed by atoms with van der Waals surface area (Å²) < 4.78 is 29.8. The van der Waals surface area contributed by atoms with Crippen molar-refractivity contribution in [1.82, 2.24) is 4.31 Å². The summed E-state index contributed by atoms with van der Waals surface area (Å²) in [5.41, 5.74) is 5.39. The molecule has 0 saturated heterocycles. The maximum absolute atomic E-state index is 11.8. The molecule has 0 saturated carbocycles. The van der Waals surface area contributed by atoms with Crippen molar-refractivity contribution in [3.05, 3.63) is 0 Å². The van der Waals surface area contributed by atoms with E-state index in [-0.39, 0.29) is 11.8 Å². The van der Waals surface area contributed by atoms with Gasteiger partial charge in [-0.3, -0.25) is 0 Å². The van der Waals surface area contributed by atoms with Crippen molar-refractivity contribution >= 4 is 27.2 Å². The number of nitrogens with two attached hydrogens (primary N) is 1. The highest BCUT2D eigenvalue weighted by atomic mass is 32.2. The molecule has 2 N–H and O–H groups in total. The minimum Gasteiger partial charge on any atom is -0.393 e. The van der Waals surface area contributed by atoms with Crippen molar-refractivity contribution in [2.45, 2.75) is 25.8 Å². The van der Waals surface area contributed by atoms with E-state index >= 15 is 0 Å². The van der Waals surface area contributed by atoms with Crippen molar-refractivity contribution in [3.8, 4) is 0 Å². The summed E-state index contributed by atoms with van der Waals surface area (Å²) >= 11 is 4.76. The van der Waals surface area contributed by atoms with Crippen LogP contribution in [-0.4, -0.2) is 50.3 Å². The third-order valence-electron chi connectivity index (χ3n) is 2.31. The molecule has 5 nitrogen and oxygen atoms in total. The molecule has 16 heavy (non-hydrogen) atoms. The van der Waals surface area contributed by atoms with Crippen LogP contribution < -0.4 is 5.73 Å². The number of ether oxygens (including phenoxy) is 1. The van der Waals surface area contributed by atoms with E-state index in [9.17, 15) is 8.42 Å². The second-order valence-electron chi connectivity index (χ2n) is 3.70. The zero-order chi connectivity index (χ0) is 12.8. The molecule has 0 spiro atoms. The highest BCUT2D eigenvalue weighted by Crippen LogP contribution is 2.09. The lowest BCUT2D eigenvalue weighted by Gasteiger charge is -2.23. The van der Waals surface area contributed by atoms with Crippen LogP contribution in [0.15, 0.2) is 0 Å². The van der Waals surface area contributed by atoms with E-state index in [0.29, 0.717) is 24.4 Å². The molecule has 7 heteroatoms. The molecule has 0 fully saturated rings. The van der Waals surface area contributed by atoms with E-state index in [2.05, 4.69) is 0 Å². The van der Waals surface area contributed by atoms with E-state index in [1.807, 2.05) is 0 Å². The van der Waals surface area contributed by atoms with Crippen LogP contribution in [-0.2, 0) is 14.8 Å². The highest BCUT2D eigenvalue weighted by molar-refractivity contribution is 7.89. The van der Waals surface area contributed by atoms with E-state index in [0.717, 1.165) is 0 Å². The molecule has 1 atom stereocenters. The van der Waals surface area contributed by atoms with Gasteiger partial charge in [0.05, 0.1) is 10.7 Å². The average Bonchev–Trinajstić information content (AvgIpc) is 2.15. The zero-order valence-corrected chi connectivity index (χ0v) is 11.6. The fourth-order valence-electron chi connectivity index (χ4n) is 1.22. The molecule has 0 radical (unpaired) electrons. The summed E-state index contributed by atoms with van der Waals surface area (Å²) in [7, 11) is -0.145. The van der Waals surface area contributed by atoms with Crippen molar-refractivity contribution in [1.29, 1.82) is 0 Å². The second-order valence-corrected chi connectivity index (χ2v) is 6.37. The lowest BCUT2D eigenvalue weighted by molar-refractivity contribution is 0.199. The number of nitrogens with zero attached hydrogens (tertiary/aromatic N) is 1. The van der Waals surface area contributed by atoms with Crippen molar-refractivity contribution in [3.63, 3.8) is 0 Å². The Balaban J connectivity index is 4.33. The SMILES string of the molecule is COCCCS(=O)(=O)N(C)C(C)CC(N)=S. The van der Waals surface area contributed by atoms with Crippen LogP contribution in [0.25, 0.3) is 0 Å². The Bertz CT molecular complexity index is 317. The molecule has 0 rings (SSSR count). The van der Waals surface area contributed by atoms with Crippen LogP contribution in [0.4, 0.5) is 0 Å². The molecule has 1 unspecified atom stereocenters. The van der Waals surface area contributed by atoms with Crippen LogP contribution >= 0.6 is 12.2 Å². The largest absolute Gasteiger partial charge is 0.393 e. The second kappa shape index (κ2) is 7.16. The number of hydrogen-bond acceptors (Lipinski definition) is 4. The van der Waals surface area contributed by atoms with Crippen LogP contribution in [0.1, 0.15) is 19.8 Å². The fourth-order valence-corrected chi connectivity index (χ4v) is 2.86. The first-order chi connectivity index (χ1) is 7.31. The number of hydrogen-bond donors (Lipinski definition) is 1.